The Labute approximate surface area is 177 Å². The van der Waals surface area contributed by atoms with Crippen LogP contribution in [0.2, 0.25) is 0 Å². The van der Waals surface area contributed by atoms with E-state index in [1.807, 2.05) is 6.07 Å². The van der Waals surface area contributed by atoms with Crippen LogP contribution < -0.4 is 10.6 Å². The Morgan fingerprint density at radius 3 is 2.90 bits per heavy atom. The Morgan fingerprint density at radius 2 is 2.19 bits per heavy atom. The van der Waals surface area contributed by atoms with Gasteiger partial charge in [-0.05, 0) is 66.7 Å². The van der Waals surface area contributed by atoms with Crippen molar-refractivity contribution in [3.63, 3.8) is 0 Å². The molecule has 5 rings (SSSR count). The van der Waals surface area contributed by atoms with E-state index in [1.54, 1.807) is 0 Å². The van der Waals surface area contributed by atoms with E-state index in [1.165, 1.54) is 30.4 Å². The topological polar surface area (TPSA) is 94.3 Å². The summed E-state index contributed by atoms with van der Waals surface area (Å²) in [6.07, 6.45) is 5.57. The van der Waals surface area contributed by atoms with Crippen LogP contribution in [0.3, 0.4) is 0 Å². The van der Waals surface area contributed by atoms with Crippen LogP contribution in [0.4, 0.5) is 8.78 Å². The SMILES string of the molecule is N#CC(Cc1cc2c(cc1F)C1=CC(F)C=CC1=NC2=O)NC(=O)[C@H]1N[C@@H]2CC[C@H]1C2. The van der Waals surface area contributed by atoms with Crippen molar-refractivity contribution in [1.82, 2.24) is 10.6 Å². The number of carbonyl (C=O) groups excluding carboxylic acids is 2. The molecule has 2 fully saturated rings. The van der Waals surface area contributed by atoms with Gasteiger partial charge in [0.2, 0.25) is 5.91 Å². The van der Waals surface area contributed by atoms with Crippen molar-refractivity contribution in [2.75, 3.05) is 0 Å². The Hall–Kier alpha value is -3.18. The maximum Gasteiger partial charge on any atom is 0.278 e. The van der Waals surface area contributed by atoms with Gasteiger partial charge in [0.25, 0.3) is 5.91 Å². The van der Waals surface area contributed by atoms with Gasteiger partial charge in [0, 0.05) is 18.0 Å². The van der Waals surface area contributed by atoms with Crippen molar-refractivity contribution < 1.29 is 18.4 Å². The second kappa shape index (κ2) is 7.50. The lowest BCUT2D eigenvalue weighted by Gasteiger charge is -2.24. The largest absolute Gasteiger partial charge is 0.339 e. The summed E-state index contributed by atoms with van der Waals surface area (Å²) < 4.78 is 28.7. The summed E-state index contributed by atoms with van der Waals surface area (Å²) in [5.41, 5.74) is 1.25. The number of fused-ring (bicyclic) bond motifs is 5. The number of alkyl halides is 1. The fourth-order valence-electron chi connectivity index (χ4n) is 5.00. The van der Waals surface area contributed by atoms with E-state index in [2.05, 4.69) is 15.6 Å². The first-order valence-electron chi connectivity index (χ1n) is 10.4. The maximum atomic E-state index is 14.9. The van der Waals surface area contributed by atoms with Crippen LogP contribution in [-0.2, 0) is 11.2 Å². The minimum absolute atomic E-state index is 0.0866. The summed E-state index contributed by atoms with van der Waals surface area (Å²) in [4.78, 5) is 29.0. The predicted octanol–water partition coefficient (Wildman–Crippen LogP) is 2.40. The molecule has 0 radical (unpaired) electrons. The molecule has 4 aliphatic rings. The lowest BCUT2D eigenvalue weighted by atomic mass is 9.87. The van der Waals surface area contributed by atoms with Crippen LogP contribution in [0.5, 0.6) is 0 Å². The van der Waals surface area contributed by atoms with Crippen molar-refractivity contribution in [2.24, 2.45) is 10.9 Å². The number of nitriles is 1. The molecule has 2 amide bonds. The highest BCUT2D eigenvalue weighted by molar-refractivity contribution is 6.36. The molecular formula is C23H20F2N4O2. The van der Waals surface area contributed by atoms with Crippen molar-refractivity contribution >= 4 is 23.1 Å². The molecule has 2 unspecified atom stereocenters. The first-order valence-corrected chi connectivity index (χ1v) is 10.4. The number of allylic oxidation sites excluding steroid dienone is 4. The zero-order chi connectivity index (χ0) is 21.7. The summed E-state index contributed by atoms with van der Waals surface area (Å²) in [5, 5.41) is 15.5. The van der Waals surface area contributed by atoms with Gasteiger partial charge in [-0.2, -0.15) is 5.26 Å². The molecule has 0 spiro atoms. The number of aliphatic imine (C=N–C) groups is 1. The number of carbonyl (C=O) groups is 2. The van der Waals surface area contributed by atoms with Gasteiger partial charge in [-0.25, -0.2) is 13.8 Å². The molecular weight excluding hydrogens is 402 g/mol. The van der Waals surface area contributed by atoms with E-state index in [9.17, 15) is 23.6 Å². The predicted molar refractivity (Wildman–Crippen MR) is 109 cm³/mol. The average Bonchev–Trinajstić information content (AvgIpc) is 3.38. The molecule has 2 aliphatic heterocycles. The third-order valence-electron chi connectivity index (χ3n) is 6.51. The summed E-state index contributed by atoms with van der Waals surface area (Å²) in [6, 6.07) is 3.64. The molecule has 1 saturated heterocycles. The number of amides is 2. The lowest BCUT2D eigenvalue weighted by molar-refractivity contribution is -0.124. The molecule has 6 nitrogen and oxygen atoms in total. The van der Waals surface area contributed by atoms with Gasteiger partial charge in [-0.1, -0.05) is 0 Å². The summed E-state index contributed by atoms with van der Waals surface area (Å²) in [6.45, 7) is 0. The Bertz CT molecular complexity index is 1120. The highest BCUT2D eigenvalue weighted by Gasteiger charge is 2.43. The minimum atomic E-state index is -1.34. The Balaban J connectivity index is 1.37. The summed E-state index contributed by atoms with van der Waals surface area (Å²) in [7, 11) is 0. The lowest BCUT2D eigenvalue weighted by Crippen LogP contribution is -2.50. The van der Waals surface area contributed by atoms with E-state index in [0.29, 0.717) is 17.3 Å². The van der Waals surface area contributed by atoms with Gasteiger partial charge in [-0.3, -0.25) is 9.59 Å². The number of rotatable bonds is 4. The van der Waals surface area contributed by atoms with E-state index in [0.717, 1.165) is 19.3 Å². The third kappa shape index (κ3) is 3.49. The normalized spacial score (nSPS) is 28.9. The molecule has 2 heterocycles. The van der Waals surface area contributed by atoms with Gasteiger partial charge >= 0.3 is 0 Å². The number of piperidine rings is 1. The standard InChI is InChI=1S/C23H20F2N4O2/c24-13-2-4-20-17(8-13)16-9-19(25)12(7-18(16)22(30)29-20)6-15(10-26)28-23(31)21-11-1-3-14(5-11)27-21/h2,4,7-9,11,13-15,21,27H,1,3,5-6H2,(H,28,31)/t11-,13?,14+,15?,21-/m0/s1. The number of halogens is 2. The number of hydrogen-bond acceptors (Lipinski definition) is 4. The molecule has 2 aliphatic carbocycles. The third-order valence-corrected chi connectivity index (χ3v) is 6.51. The smallest absolute Gasteiger partial charge is 0.278 e. The second-order valence-electron chi connectivity index (χ2n) is 8.48. The molecule has 31 heavy (non-hydrogen) atoms. The first kappa shape index (κ1) is 19.8. The molecule has 2 bridgehead atoms. The molecule has 1 aromatic carbocycles. The van der Waals surface area contributed by atoms with E-state index >= 15 is 0 Å². The monoisotopic (exact) mass is 422 g/mol. The molecule has 0 aromatic heterocycles. The zero-order valence-corrected chi connectivity index (χ0v) is 16.6. The highest BCUT2D eigenvalue weighted by Crippen LogP contribution is 2.35. The van der Waals surface area contributed by atoms with Crippen LogP contribution in [0.15, 0.2) is 35.4 Å². The van der Waals surface area contributed by atoms with Gasteiger partial charge in [0.15, 0.2) is 0 Å². The molecule has 1 aromatic rings. The Morgan fingerprint density at radius 1 is 1.35 bits per heavy atom. The molecule has 2 N–H and O–H groups in total. The van der Waals surface area contributed by atoms with Crippen LogP contribution in [0, 0.1) is 23.1 Å². The van der Waals surface area contributed by atoms with Crippen LogP contribution in [0.25, 0.3) is 5.57 Å². The maximum absolute atomic E-state index is 14.9. The van der Waals surface area contributed by atoms with Crippen LogP contribution in [-0.4, -0.2) is 41.8 Å². The van der Waals surface area contributed by atoms with E-state index < -0.39 is 23.9 Å². The second-order valence-corrected chi connectivity index (χ2v) is 8.48. The van der Waals surface area contributed by atoms with E-state index in [-0.39, 0.29) is 41.0 Å². The van der Waals surface area contributed by atoms with Crippen LogP contribution in [0.1, 0.15) is 40.7 Å². The average molecular weight is 422 g/mol. The fraction of sp³-hybridized carbons (Fsp3) is 0.391. The van der Waals surface area contributed by atoms with Crippen molar-refractivity contribution in [3.05, 3.63) is 52.9 Å². The molecule has 5 atom stereocenters. The van der Waals surface area contributed by atoms with Crippen molar-refractivity contribution in [2.45, 2.75) is 50.0 Å². The number of benzene rings is 1. The molecule has 8 heteroatoms. The number of nitrogens with zero attached hydrogens (tertiary/aromatic N) is 2. The van der Waals surface area contributed by atoms with E-state index in [4.69, 9.17) is 0 Å². The van der Waals surface area contributed by atoms with Gasteiger partial charge in [-0.15, -0.1) is 0 Å². The van der Waals surface area contributed by atoms with Crippen molar-refractivity contribution in [1.29, 1.82) is 5.26 Å². The Kier molecular flexibility index (Phi) is 4.78. The molecule has 158 valence electrons. The van der Waals surface area contributed by atoms with Gasteiger partial charge in [0.1, 0.15) is 18.0 Å². The quantitative estimate of drug-likeness (QED) is 0.779. The number of nitrogens with one attached hydrogen (secondary N) is 2. The van der Waals surface area contributed by atoms with Crippen LogP contribution >= 0.6 is 0 Å². The first-order chi connectivity index (χ1) is 14.9. The highest BCUT2D eigenvalue weighted by atomic mass is 19.1. The van der Waals surface area contributed by atoms with Gasteiger partial charge < -0.3 is 10.6 Å². The van der Waals surface area contributed by atoms with Gasteiger partial charge in [0.05, 0.1) is 23.4 Å². The summed E-state index contributed by atoms with van der Waals surface area (Å²) in [5.74, 6) is -1.15. The minimum Gasteiger partial charge on any atom is -0.339 e. The zero-order valence-electron chi connectivity index (χ0n) is 16.6. The van der Waals surface area contributed by atoms with Crippen molar-refractivity contribution in [3.8, 4) is 6.07 Å². The number of hydrogen-bond donors (Lipinski definition) is 2. The fourth-order valence-corrected chi connectivity index (χ4v) is 5.00. The molecule has 1 saturated carbocycles. The summed E-state index contributed by atoms with van der Waals surface area (Å²) >= 11 is 0.